The quantitative estimate of drug-likeness (QED) is 0.863. The van der Waals surface area contributed by atoms with Crippen molar-refractivity contribution in [3.8, 4) is 0 Å². The largest absolute Gasteiger partial charge is 0.332 e. The van der Waals surface area contributed by atoms with Gasteiger partial charge in [-0.1, -0.05) is 0 Å². The molecule has 0 aromatic carbocycles. The van der Waals surface area contributed by atoms with Crippen molar-refractivity contribution in [2.45, 2.75) is 44.9 Å². The molecule has 2 atom stereocenters. The Morgan fingerprint density at radius 2 is 2.09 bits per heavy atom. The van der Waals surface area contributed by atoms with Crippen LogP contribution in [0.2, 0.25) is 0 Å². The highest BCUT2D eigenvalue weighted by Gasteiger charge is 2.46. The van der Waals surface area contributed by atoms with Gasteiger partial charge in [-0.15, -0.1) is 11.3 Å². The molecule has 5 nitrogen and oxygen atoms in total. The summed E-state index contributed by atoms with van der Waals surface area (Å²) in [6.07, 6.45) is 5.36. The van der Waals surface area contributed by atoms with Crippen LogP contribution in [-0.4, -0.2) is 44.3 Å². The van der Waals surface area contributed by atoms with Crippen LogP contribution in [0, 0.1) is 6.92 Å². The molecule has 2 saturated heterocycles. The van der Waals surface area contributed by atoms with Crippen molar-refractivity contribution in [1.29, 1.82) is 0 Å². The fourth-order valence-corrected chi connectivity index (χ4v) is 4.39. The average Bonchev–Trinajstić information content (AvgIpc) is 3.21. The number of aryl methyl sites for hydroxylation is 1. The fraction of sp³-hybridized carbons (Fsp3) is 0.471. The van der Waals surface area contributed by atoms with Crippen molar-refractivity contribution in [1.82, 2.24) is 19.8 Å². The topological polar surface area (TPSA) is 49.3 Å². The van der Waals surface area contributed by atoms with E-state index in [-0.39, 0.29) is 5.91 Å². The second-order valence-electron chi connectivity index (χ2n) is 6.33. The van der Waals surface area contributed by atoms with E-state index in [1.165, 1.54) is 5.56 Å². The van der Waals surface area contributed by atoms with Gasteiger partial charge in [0.25, 0.3) is 0 Å². The van der Waals surface area contributed by atoms with Crippen molar-refractivity contribution in [3.05, 3.63) is 46.2 Å². The minimum absolute atomic E-state index is 0.269. The van der Waals surface area contributed by atoms with Crippen molar-refractivity contribution >= 4 is 17.2 Å². The highest BCUT2D eigenvalue weighted by atomic mass is 32.1. The van der Waals surface area contributed by atoms with Crippen LogP contribution in [-0.2, 0) is 17.9 Å². The summed E-state index contributed by atoms with van der Waals surface area (Å²) in [6.45, 7) is 4.63. The molecule has 2 aromatic rings. The summed E-state index contributed by atoms with van der Waals surface area (Å²) in [5.74, 6) is 0.269. The lowest BCUT2D eigenvalue weighted by molar-refractivity contribution is -0.129. The normalized spacial score (nSPS) is 24.4. The van der Waals surface area contributed by atoms with Gasteiger partial charge in [0.2, 0.25) is 5.91 Å². The van der Waals surface area contributed by atoms with Crippen molar-refractivity contribution in [2.75, 3.05) is 6.54 Å². The smallest absolute Gasteiger partial charge is 0.224 e. The molecule has 2 aliphatic rings. The number of rotatable bonds is 4. The van der Waals surface area contributed by atoms with Gasteiger partial charge in [-0.2, -0.15) is 0 Å². The van der Waals surface area contributed by atoms with Crippen LogP contribution in [0.4, 0.5) is 0 Å². The molecule has 4 heterocycles. The van der Waals surface area contributed by atoms with E-state index < -0.39 is 0 Å². The fourth-order valence-electron chi connectivity index (χ4n) is 3.79. The Labute approximate surface area is 140 Å². The van der Waals surface area contributed by atoms with Gasteiger partial charge in [0.15, 0.2) is 0 Å². The molecule has 0 radical (unpaired) electrons. The number of nitrogens with zero attached hydrogens (tertiary/aromatic N) is 4. The molecule has 6 heteroatoms. The third-order valence-corrected chi connectivity index (χ3v) is 5.69. The van der Waals surface area contributed by atoms with E-state index in [1.54, 1.807) is 11.3 Å². The van der Waals surface area contributed by atoms with Crippen molar-refractivity contribution in [2.24, 2.45) is 0 Å². The molecular weight excluding hydrogens is 308 g/mol. The molecular formula is C17H20N4OS. The maximum Gasteiger partial charge on any atom is 0.224 e. The van der Waals surface area contributed by atoms with Crippen LogP contribution in [0.15, 0.2) is 29.9 Å². The lowest BCUT2D eigenvalue weighted by Gasteiger charge is -2.25. The number of hydrogen-bond acceptors (Lipinski definition) is 5. The predicted molar refractivity (Wildman–Crippen MR) is 88.9 cm³/mol. The number of likely N-dealkylation sites (tertiary alicyclic amines) is 2. The van der Waals surface area contributed by atoms with Crippen LogP contribution < -0.4 is 0 Å². The molecule has 120 valence electrons. The Kier molecular flexibility index (Phi) is 3.87. The zero-order chi connectivity index (χ0) is 15.8. The summed E-state index contributed by atoms with van der Waals surface area (Å²) >= 11 is 1.65. The number of carbonyl (C=O) groups is 1. The zero-order valence-corrected chi connectivity index (χ0v) is 14.0. The molecule has 0 aliphatic carbocycles. The van der Waals surface area contributed by atoms with E-state index in [1.807, 2.05) is 24.2 Å². The van der Waals surface area contributed by atoms with Gasteiger partial charge in [-0.25, -0.2) is 4.98 Å². The van der Waals surface area contributed by atoms with Crippen LogP contribution >= 0.6 is 11.3 Å². The molecule has 0 saturated carbocycles. The Morgan fingerprint density at radius 1 is 1.26 bits per heavy atom. The number of fused-ring (bicyclic) bond motifs is 1. The van der Waals surface area contributed by atoms with E-state index >= 15 is 0 Å². The summed E-state index contributed by atoms with van der Waals surface area (Å²) in [4.78, 5) is 25.5. The first-order chi connectivity index (χ1) is 11.2. The first-order valence-corrected chi connectivity index (χ1v) is 8.92. The summed E-state index contributed by atoms with van der Waals surface area (Å²) in [6, 6.07) is 4.79. The van der Waals surface area contributed by atoms with E-state index in [9.17, 15) is 4.79 Å². The van der Waals surface area contributed by atoms with Gasteiger partial charge in [0.1, 0.15) is 0 Å². The standard InChI is InChI=1S/C17H20N4OS/c1-12-19-14(11-23-12)10-21-15-4-7-20(16(15)8-17(21)22)9-13-2-5-18-6-3-13/h2-3,5-6,11,15-16H,4,7-10H2,1H3/t15-,16+/m1/s1. The number of aromatic nitrogens is 2. The van der Waals surface area contributed by atoms with E-state index in [0.29, 0.717) is 25.0 Å². The molecule has 1 amide bonds. The molecule has 0 bridgehead atoms. The van der Waals surface area contributed by atoms with E-state index in [4.69, 9.17) is 0 Å². The molecule has 2 aliphatic heterocycles. The number of thiazole rings is 1. The number of carbonyl (C=O) groups excluding carboxylic acids is 1. The Hall–Kier alpha value is -1.79. The van der Waals surface area contributed by atoms with Gasteiger partial charge in [-0.05, 0) is 31.0 Å². The molecule has 23 heavy (non-hydrogen) atoms. The minimum Gasteiger partial charge on any atom is -0.332 e. The maximum atomic E-state index is 12.5. The lowest BCUT2D eigenvalue weighted by Crippen LogP contribution is -2.36. The lowest BCUT2D eigenvalue weighted by atomic mass is 10.1. The molecule has 0 N–H and O–H groups in total. The molecule has 0 spiro atoms. The minimum atomic E-state index is 0.269. The van der Waals surface area contributed by atoms with Gasteiger partial charge in [-0.3, -0.25) is 14.7 Å². The molecule has 4 rings (SSSR count). The third kappa shape index (κ3) is 2.88. The summed E-state index contributed by atoms with van der Waals surface area (Å²) in [7, 11) is 0. The number of hydrogen-bond donors (Lipinski definition) is 0. The Morgan fingerprint density at radius 3 is 2.83 bits per heavy atom. The average molecular weight is 328 g/mol. The van der Waals surface area contributed by atoms with Gasteiger partial charge < -0.3 is 4.90 Å². The highest BCUT2D eigenvalue weighted by Crippen LogP contribution is 2.34. The second kappa shape index (κ2) is 6.02. The SMILES string of the molecule is Cc1nc(CN2C(=O)C[C@H]3[C@H]2CCN3Cc2ccncc2)cs1. The van der Waals surface area contributed by atoms with Crippen molar-refractivity contribution in [3.63, 3.8) is 0 Å². The van der Waals surface area contributed by atoms with Crippen LogP contribution in [0.25, 0.3) is 0 Å². The van der Waals surface area contributed by atoms with Crippen LogP contribution in [0.5, 0.6) is 0 Å². The maximum absolute atomic E-state index is 12.5. The van der Waals surface area contributed by atoms with Gasteiger partial charge in [0.05, 0.1) is 17.2 Å². The van der Waals surface area contributed by atoms with Crippen molar-refractivity contribution < 1.29 is 4.79 Å². The van der Waals surface area contributed by atoms with Gasteiger partial charge in [0, 0.05) is 49.4 Å². The first kappa shape index (κ1) is 14.8. The number of pyridine rings is 1. The van der Waals surface area contributed by atoms with Crippen LogP contribution in [0.3, 0.4) is 0 Å². The second-order valence-corrected chi connectivity index (χ2v) is 7.40. The monoisotopic (exact) mass is 328 g/mol. The summed E-state index contributed by atoms with van der Waals surface area (Å²) < 4.78 is 0. The molecule has 2 aromatic heterocycles. The predicted octanol–water partition coefficient (Wildman–Crippen LogP) is 2.22. The zero-order valence-electron chi connectivity index (χ0n) is 13.2. The van der Waals surface area contributed by atoms with E-state index in [2.05, 4.69) is 32.4 Å². The summed E-state index contributed by atoms with van der Waals surface area (Å²) in [5.41, 5.74) is 2.29. The Bertz CT molecular complexity index is 702. The summed E-state index contributed by atoms with van der Waals surface area (Å²) in [5, 5.41) is 3.13. The van der Waals surface area contributed by atoms with E-state index in [0.717, 1.165) is 30.2 Å². The Balaban J connectivity index is 1.46. The third-order valence-electron chi connectivity index (χ3n) is 4.86. The first-order valence-electron chi connectivity index (χ1n) is 8.04. The molecule has 2 fully saturated rings. The highest BCUT2D eigenvalue weighted by molar-refractivity contribution is 7.09. The van der Waals surface area contributed by atoms with Crippen LogP contribution in [0.1, 0.15) is 29.1 Å². The van der Waals surface area contributed by atoms with Gasteiger partial charge >= 0.3 is 0 Å². The number of amides is 1. The molecule has 0 unspecified atom stereocenters.